The third-order valence-corrected chi connectivity index (χ3v) is 6.78. The first kappa shape index (κ1) is 22.3. The minimum atomic E-state index is -0.544. The van der Waals surface area contributed by atoms with E-state index in [1.165, 1.54) is 0 Å². The molecule has 1 saturated heterocycles. The Balaban J connectivity index is 1.69. The number of benzene rings is 2. The number of ether oxygens (including phenoxy) is 2. The first-order valence-electron chi connectivity index (χ1n) is 11.9. The van der Waals surface area contributed by atoms with Gasteiger partial charge in [-0.3, -0.25) is 9.59 Å². The van der Waals surface area contributed by atoms with Crippen molar-refractivity contribution in [3.63, 3.8) is 0 Å². The van der Waals surface area contributed by atoms with E-state index < -0.39 is 12.1 Å². The lowest BCUT2D eigenvalue weighted by atomic mass is 9.86. The molecule has 5 rings (SSSR count). The standard InChI is InChI=1S/C27H31N3O4/c1-15(2)29-14-24(31)30-21(27(29)32)13-19-18-8-6-7-9-20(18)28-25(19)26(30)17-10-11-22(34-16(3)4)23(12-17)33-5/h6-12,15-16,21,26,28H,13-14H2,1-5H3/t21-,26-/m0/s1. The van der Waals surface area contributed by atoms with Gasteiger partial charge < -0.3 is 24.3 Å². The normalized spacial score (nSPS) is 20.2. The summed E-state index contributed by atoms with van der Waals surface area (Å²) in [5.41, 5.74) is 3.93. The molecular formula is C27H31N3O4. The quantitative estimate of drug-likeness (QED) is 0.622. The van der Waals surface area contributed by atoms with Crippen LogP contribution in [0.3, 0.4) is 0 Å². The maximum atomic E-state index is 13.6. The Kier molecular flexibility index (Phi) is 5.50. The minimum absolute atomic E-state index is 0.00209. The van der Waals surface area contributed by atoms with Gasteiger partial charge in [-0.05, 0) is 57.0 Å². The number of carbonyl (C=O) groups is 2. The lowest BCUT2D eigenvalue weighted by Gasteiger charge is -2.48. The molecule has 1 aromatic heterocycles. The number of methoxy groups -OCH3 is 1. The second-order valence-corrected chi connectivity index (χ2v) is 9.62. The van der Waals surface area contributed by atoms with E-state index in [9.17, 15) is 9.59 Å². The van der Waals surface area contributed by atoms with Gasteiger partial charge in [0.2, 0.25) is 11.8 Å². The number of H-pyrrole nitrogens is 1. The molecule has 2 amide bonds. The van der Waals surface area contributed by atoms with E-state index in [0.717, 1.165) is 27.7 Å². The third-order valence-electron chi connectivity index (χ3n) is 6.78. The molecule has 3 heterocycles. The molecule has 2 atom stereocenters. The predicted octanol–water partition coefficient (Wildman–Crippen LogP) is 4.06. The molecule has 0 aliphatic carbocycles. The lowest BCUT2D eigenvalue weighted by molar-refractivity contribution is -0.160. The van der Waals surface area contributed by atoms with Gasteiger partial charge in [0.05, 0.1) is 19.3 Å². The van der Waals surface area contributed by atoms with Gasteiger partial charge >= 0.3 is 0 Å². The Morgan fingerprint density at radius 1 is 1.03 bits per heavy atom. The van der Waals surface area contributed by atoms with Crippen LogP contribution in [0.5, 0.6) is 11.5 Å². The summed E-state index contributed by atoms with van der Waals surface area (Å²) < 4.78 is 11.6. The van der Waals surface area contributed by atoms with E-state index in [1.54, 1.807) is 16.9 Å². The van der Waals surface area contributed by atoms with Gasteiger partial charge in [0.15, 0.2) is 11.5 Å². The van der Waals surface area contributed by atoms with Crippen molar-refractivity contribution in [2.45, 2.75) is 58.3 Å². The van der Waals surface area contributed by atoms with Crippen molar-refractivity contribution in [1.29, 1.82) is 0 Å². The fraction of sp³-hybridized carbons (Fsp3) is 0.407. The van der Waals surface area contributed by atoms with Gasteiger partial charge in [0.25, 0.3) is 0 Å². The third kappa shape index (κ3) is 3.50. The number of para-hydroxylation sites is 1. The van der Waals surface area contributed by atoms with Crippen molar-refractivity contribution >= 4 is 22.7 Å². The highest BCUT2D eigenvalue weighted by molar-refractivity contribution is 5.97. The van der Waals surface area contributed by atoms with Crippen molar-refractivity contribution in [1.82, 2.24) is 14.8 Å². The highest BCUT2D eigenvalue weighted by Gasteiger charge is 2.48. The van der Waals surface area contributed by atoms with Crippen LogP contribution in [0.2, 0.25) is 0 Å². The van der Waals surface area contributed by atoms with Crippen LogP contribution in [-0.4, -0.2) is 58.4 Å². The molecule has 2 aliphatic heterocycles. The average molecular weight is 462 g/mol. The van der Waals surface area contributed by atoms with Crippen molar-refractivity contribution in [3.05, 3.63) is 59.3 Å². The molecule has 178 valence electrons. The number of carbonyl (C=O) groups excluding carboxylic acids is 2. The number of nitrogens with zero attached hydrogens (tertiary/aromatic N) is 2. The van der Waals surface area contributed by atoms with E-state index in [4.69, 9.17) is 9.47 Å². The summed E-state index contributed by atoms with van der Waals surface area (Å²) in [6.07, 6.45) is 0.498. The van der Waals surface area contributed by atoms with Gasteiger partial charge in [-0.15, -0.1) is 0 Å². The highest BCUT2D eigenvalue weighted by atomic mass is 16.5. The summed E-state index contributed by atoms with van der Waals surface area (Å²) in [5.74, 6) is 1.21. The van der Waals surface area contributed by atoms with Gasteiger partial charge in [-0.2, -0.15) is 0 Å². The monoisotopic (exact) mass is 461 g/mol. The van der Waals surface area contributed by atoms with Crippen LogP contribution < -0.4 is 9.47 Å². The number of amides is 2. The molecule has 0 spiro atoms. The molecule has 0 bridgehead atoms. The second-order valence-electron chi connectivity index (χ2n) is 9.62. The Labute approximate surface area is 199 Å². The van der Waals surface area contributed by atoms with E-state index in [2.05, 4.69) is 11.1 Å². The molecule has 0 radical (unpaired) electrons. The van der Waals surface area contributed by atoms with E-state index in [1.807, 2.05) is 64.1 Å². The Morgan fingerprint density at radius 3 is 2.50 bits per heavy atom. The molecule has 2 aromatic carbocycles. The number of piperazine rings is 1. The molecular weight excluding hydrogens is 430 g/mol. The van der Waals surface area contributed by atoms with Crippen LogP contribution in [0.1, 0.15) is 50.6 Å². The Morgan fingerprint density at radius 2 is 1.79 bits per heavy atom. The SMILES string of the molecule is COc1cc([C@H]2c3[nH]c4ccccc4c3C[C@H]3C(=O)N(C(C)C)CC(=O)N23)ccc1OC(C)C. The smallest absolute Gasteiger partial charge is 0.246 e. The second kappa shape index (κ2) is 8.38. The number of fused-ring (bicyclic) bond motifs is 4. The first-order chi connectivity index (χ1) is 16.3. The molecule has 0 saturated carbocycles. The van der Waals surface area contributed by atoms with Crippen LogP contribution in [0.25, 0.3) is 10.9 Å². The van der Waals surface area contributed by atoms with Crippen molar-refractivity contribution in [2.24, 2.45) is 0 Å². The van der Waals surface area contributed by atoms with E-state index in [0.29, 0.717) is 17.9 Å². The molecule has 7 heteroatoms. The highest BCUT2D eigenvalue weighted by Crippen LogP contribution is 2.44. The van der Waals surface area contributed by atoms with Crippen LogP contribution in [0.4, 0.5) is 0 Å². The number of nitrogens with one attached hydrogen (secondary N) is 1. The minimum Gasteiger partial charge on any atom is -0.493 e. The Bertz CT molecular complexity index is 1260. The number of rotatable bonds is 5. The van der Waals surface area contributed by atoms with Gasteiger partial charge in [0.1, 0.15) is 12.6 Å². The van der Waals surface area contributed by atoms with Gasteiger partial charge in [-0.1, -0.05) is 24.3 Å². The number of hydrogen-bond acceptors (Lipinski definition) is 4. The summed E-state index contributed by atoms with van der Waals surface area (Å²) in [4.78, 5) is 34.1. The van der Waals surface area contributed by atoms with Crippen LogP contribution >= 0.6 is 0 Å². The molecule has 2 aliphatic rings. The zero-order valence-corrected chi connectivity index (χ0v) is 20.3. The fourth-order valence-electron chi connectivity index (χ4n) is 5.28. The first-order valence-corrected chi connectivity index (χ1v) is 11.9. The zero-order chi connectivity index (χ0) is 24.1. The largest absolute Gasteiger partial charge is 0.493 e. The molecule has 0 unspecified atom stereocenters. The summed E-state index contributed by atoms with van der Waals surface area (Å²) in [5, 5.41) is 1.09. The Hall–Kier alpha value is -3.48. The maximum absolute atomic E-state index is 13.6. The summed E-state index contributed by atoms with van der Waals surface area (Å²) in [6, 6.07) is 12.9. The number of aromatic nitrogens is 1. The molecule has 1 fully saturated rings. The average Bonchev–Trinajstić information content (AvgIpc) is 3.18. The van der Waals surface area contributed by atoms with Crippen LogP contribution in [0.15, 0.2) is 42.5 Å². The van der Waals surface area contributed by atoms with Crippen molar-refractivity contribution in [2.75, 3.05) is 13.7 Å². The summed E-state index contributed by atoms with van der Waals surface area (Å²) in [6.45, 7) is 7.93. The predicted molar refractivity (Wildman–Crippen MR) is 130 cm³/mol. The van der Waals surface area contributed by atoms with Crippen molar-refractivity contribution < 1.29 is 19.1 Å². The summed E-state index contributed by atoms with van der Waals surface area (Å²) >= 11 is 0. The maximum Gasteiger partial charge on any atom is 0.246 e. The van der Waals surface area contributed by atoms with Crippen LogP contribution in [-0.2, 0) is 16.0 Å². The number of aromatic amines is 1. The molecule has 1 N–H and O–H groups in total. The zero-order valence-electron chi connectivity index (χ0n) is 20.3. The van der Waals surface area contributed by atoms with Gasteiger partial charge in [0, 0.05) is 29.1 Å². The van der Waals surface area contributed by atoms with Crippen molar-refractivity contribution in [3.8, 4) is 11.5 Å². The topological polar surface area (TPSA) is 74.9 Å². The lowest BCUT2D eigenvalue weighted by Crippen LogP contribution is -2.64. The molecule has 34 heavy (non-hydrogen) atoms. The summed E-state index contributed by atoms with van der Waals surface area (Å²) in [7, 11) is 1.61. The van der Waals surface area contributed by atoms with E-state index in [-0.39, 0.29) is 30.5 Å². The van der Waals surface area contributed by atoms with Gasteiger partial charge in [-0.25, -0.2) is 0 Å². The van der Waals surface area contributed by atoms with E-state index >= 15 is 0 Å². The van der Waals surface area contributed by atoms with Crippen LogP contribution in [0, 0.1) is 0 Å². The molecule has 3 aromatic rings. The molecule has 7 nitrogen and oxygen atoms in total. The fourth-order valence-corrected chi connectivity index (χ4v) is 5.28. The number of hydrogen-bond donors (Lipinski definition) is 1.